The van der Waals surface area contributed by atoms with Crippen LogP contribution in [0.2, 0.25) is 0 Å². The predicted molar refractivity (Wildman–Crippen MR) is 52.9 cm³/mol. The first kappa shape index (κ1) is 11.1. The van der Waals surface area contributed by atoms with Crippen molar-refractivity contribution in [1.29, 1.82) is 0 Å². The average molecular weight is 199 g/mol. The zero-order valence-corrected chi connectivity index (χ0v) is 8.26. The minimum atomic E-state index is -0.808. The number of hydrogen-bond donors (Lipinski definition) is 1. The first-order valence-electron chi connectivity index (χ1n) is 4.83. The fraction of sp³-hybridized carbons (Fsp3) is 0.455. The van der Waals surface area contributed by atoms with Crippen molar-refractivity contribution in [2.75, 3.05) is 0 Å². The van der Waals surface area contributed by atoms with Crippen molar-refractivity contribution in [2.24, 2.45) is 5.73 Å². The number of nitrogens with two attached hydrogens (primary N) is 1. The minimum Gasteiger partial charge on any atom is -0.327 e. The molecule has 0 aromatic heterocycles. The molecule has 1 nitrogen and oxygen atoms in total. The average Bonchev–Trinajstić information content (AvgIpc) is 2.12. The van der Waals surface area contributed by atoms with Crippen molar-refractivity contribution in [3.63, 3.8) is 0 Å². The number of halogens is 2. The largest absolute Gasteiger partial charge is 0.327 e. The summed E-state index contributed by atoms with van der Waals surface area (Å²) in [7, 11) is 0. The molecular weight excluding hydrogens is 184 g/mol. The Morgan fingerprint density at radius 2 is 2.00 bits per heavy atom. The molecule has 1 atom stereocenters. The van der Waals surface area contributed by atoms with Gasteiger partial charge in [0.2, 0.25) is 0 Å². The molecule has 0 spiro atoms. The maximum absolute atomic E-state index is 12.8. The Kier molecular flexibility index (Phi) is 4.01. The summed E-state index contributed by atoms with van der Waals surface area (Å²) in [5.74, 6) is -1.61. The summed E-state index contributed by atoms with van der Waals surface area (Å²) in [5, 5.41) is 0. The van der Waals surface area contributed by atoms with Crippen LogP contribution in [0.3, 0.4) is 0 Å². The zero-order valence-electron chi connectivity index (χ0n) is 8.26. The summed E-state index contributed by atoms with van der Waals surface area (Å²) in [5.41, 5.74) is 6.54. The van der Waals surface area contributed by atoms with Gasteiger partial charge in [0.05, 0.1) is 0 Å². The van der Waals surface area contributed by atoms with Gasteiger partial charge in [0.1, 0.15) is 0 Å². The first-order valence-corrected chi connectivity index (χ1v) is 4.83. The highest BCUT2D eigenvalue weighted by atomic mass is 19.2. The van der Waals surface area contributed by atoms with Crippen LogP contribution in [0.15, 0.2) is 18.2 Å². The Morgan fingerprint density at radius 3 is 2.57 bits per heavy atom. The van der Waals surface area contributed by atoms with Crippen molar-refractivity contribution in [3.05, 3.63) is 35.4 Å². The topological polar surface area (TPSA) is 26.0 Å². The molecule has 0 aliphatic heterocycles. The molecule has 0 saturated heterocycles. The molecule has 1 aromatic rings. The van der Waals surface area contributed by atoms with Gasteiger partial charge in [-0.15, -0.1) is 0 Å². The van der Waals surface area contributed by atoms with E-state index < -0.39 is 11.6 Å². The van der Waals surface area contributed by atoms with Gasteiger partial charge in [0, 0.05) is 6.04 Å². The third kappa shape index (κ3) is 3.07. The molecule has 14 heavy (non-hydrogen) atoms. The van der Waals surface area contributed by atoms with E-state index in [-0.39, 0.29) is 6.04 Å². The third-order valence-electron chi connectivity index (χ3n) is 2.14. The van der Waals surface area contributed by atoms with Crippen LogP contribution in [0.1, 0.15) is 25.3 Å². The lowest BCUT2D eigenvalue weighted by molar-refractivity contribution is 0.505. The molecule has 1 unspecified atom stereocenters. The van der Waals surface area contributed by atoms with Gasteiger partial charge in [-0.25, -0.2) is 8.78 Å². The van der Waals surface area contributed by atoms with Crippen LogP contribution in [0, 0.1) is 11.6 Å². The molecule has 0 fully saturated rings. The standard InChI is InChI=1S/C11H15F2N/c1-2-3-9(14)6-8-4-5-10(12)11(13)7-8/h4-5,7,9H,2-3,6,14H2,1H3. The Hall–Kier alpha value is -0.960. The van der Waals surface area contributed by atoms with Crippen LogP contribution in [0.5, 0.6) is 0 Å². The summed E-state index contributed by atoms with van der Waals surface area (Å²) in [6.07, 6.45) is 2.51. The van der Waals surface area contributed by atoms with E-state index in [1.54, 1.807) is 6.07 Å². The second-order valence-corrected chi connectivity index (χ2v) is 3.50. The fourth-order valence-electron chi connectivity index (χ4n) is 1.44. The maximum Gasteiger partial charge on any atom is 0.159 e. The van der Waals surface area contributed by atoms with Crippen molar-refractivity contribution < 1.29 is 8.78 Å². The highest BCUT2D eigenvalue weighted by Gasteiger charge is 2.06. The van der Waals surface area contributed by atoms with Crippen molar-refractivity contribution in [2.45, 2.75) is 32.2 Å². The molecular formula is C11H15F2N. The fourth-order valence-corrected chi connectivity index (χ4v) is 1.44. The third-order valence-corrected chi connectivity index (χ3v) is 2.14. The van der Waals surface area contributed by atoms with Crippen LogP contribution in [-0.2, 0) is 6.42 Å². The maximum atomic E-state index is 12.8. The monoisotopic (exact) mass is 199 g/mol. The van der Waals surface area contributed by atoms with Crippen molar-refractivity contribution >= 4 is 0 Å². The molecule has 0 aliphatic rings. The van der Waals surface area contributed by atoms with Gasteiger partial charge >= 0.3 is 0 Å². The molecule has 0 bridgehead atoms. The van der Waals surface area contributed by atoms with Gasteiger partial charge in [0.15, 0.2) is 11.6 Å². The summed E-state index contributed by atoms with van der Waals surface area (Å²) < 4.78 is 25.4. The van der Waals surface area contributed by atoms with Crippen LogP contribution in [0.4, 0.5) is 8.78 Å². The molecule has 0 saturated carbocycles. The lowest BCUT2D eigenvalue weighted by Crippen LogP contribution is -2.22. The Bertz CT molecular complexity index is 299. The van der Waals surface area contributed by atoms with E-state index >= 15 is 0 Å². The number of rotatable bonds is 4. The molecule has 1 rings (SSSR count). The molecule has 0 heterocycles. The van der Waals surface area contributed by atoms with E-state index in [0.717, 1.165) is 24.5 Å². The lowest BCUT2D eigenvalue weighted by atomic mass is 10.0. The normalized spacial score (nSPS) is 12.9. The number of hydrogen-bond acceptors (Lipinski definition) is 1. The van der Waals surface area contributed by atoms with E-state index in [4.69, 9.17) is 5.73 Å². The molecule has 0 aliphatic carbocycles. The molecule has 78 valence electrons. The summed E-state index contributed by atoms with van der Waals surface area (Å²) in [4.78, 5) is 0. The zero-order chi connectivity index (χ0) is 10.6. The van der Waals surface area contributed by atoms with E-state index in [1.807, 2.05) is 6.92 Å². The SMILES string of the molecule is CCCC(N)Cc1ccc(F)c(F)c1. The summed E-state index contributed by atoms with van der Waals surface area (Å²) in [6.45, 7) is 2.05. The van der Waals surface area contributed by atoms with E-state index in [0.29, 0.717) is 6.42 Å². The molecule has 2 N–H and O–H groups in total. The number of benzene rings is 1. The Balaban J connectivity index is 2.63. The van der Waals surface area contributed by atoms with Gasteiger partial charge in [-0.1, -0.05) is 19.4 Å². The Labute approximate surface area is 82.9 Å². The highest BCUT2D eigenvalue weighted by Crippen LogP contribution is 2.11. The molecule has 1 aromatic carbocycles. The van der Waals surface area contributed by atoms with Gasteiger partial charge in [-0.2, -0.15) is 0 Å². The highest BCUT2D eigenvalue weighted by molar-refractivity contribution is 5.18. The lowest BCUT2D eigenvalue weighted by Gasteiger charge is -2.09. The van der Waals surface area contributed by atoms with E-state index in [1.165, 1.54) is 6.07 Å². The second-order valence-electron chi connectivity index (χ2n) is 3.50. The Morgan fingerprint density at radius 1 is 1.29 bits per heavy atom. The summed E-state index contributed by atoms with van der Waals surface area (Å²) in [6, 6.07) is 3.96. The van der Waals surface area contributed by atoms with Crippen molar-refractivity contribution in [3.8, 4) is 0 Å². The second kappa shape index (κ2) is 5.05. The molecule has 0 radical (unpaired) electrons. The van der Waals surface area contributed by atoms with Crippen LogP contribution in [-0.4, -0.2) is 6.04 Å². The van der Waals surface area contributed by atoms with Crippen LogP contribution < -0.4 is 5.73 Å². The van der Waals surface area contributed by atoms with Crippen LogP contribution in [0.25, 0.3) is 0 Å². The quantitative estimate of drug-likeness (QED) is 0.792. The van der Waals surface area contributed by atoms with Gasteiger partial charge in [0.25, 0.3) is 0 Å². The van der Waals surface area contributed by atoms with Gasteiger partial charge in [-0.3, -0.25) is 0 Å². The van der Waals surface area contributed by atoms with E-state index in [9.17, 15) is 8.78 Å². The predicted octanol–water partition coefficient (Wildman–Crippen LogP) is 2.63. The minimum absolute atomic E-state index is 0.0323. The van der Waals surface area contributed by atoms with E-state index in [2.05, 4.69) is 0 Å². The van der Waals surface area contributed by atoms with Gasteiger partial charge in [-0.05, 0) is 30.5 Å². The molecule has 3 heteroatoms. The molecule has 0 amide bonds. The van der Waals surface area contributed by atoms with Gasteiger partial charge < -0.3 is 5.73 Å². The summed E-state index contributed by atoms with van der Waals surface area (Å²) >= 11 is 0. The first-order chi connectivity index (χ1) is 6.63. The van der Waals surface area contributed by atoms with Crippen LogP contribution >= 0.6 is 0 Å². The van der Waals surface area contributed by atoms with Crippen molar-refractivity contribution in [1.82, 2.24) is 0 Å². The smallest absolute Gasteiger partial charge is 0.159 e.